The van der Waals surface area contributed by atoms with E-state index < -0.39 is 6.04 Å². The van der Waals surface area contributed by atoms with Gasteiger partial charge < -0.3 is 23.8 Å². The van der Waals surface area contributed by atoms with Crippen molar-refractivity contribution in [3.63, 3.8) is 0 Å². The van der Waals surface area contributed by atoms with Crippen LogP contribution in [0.3, 0.4) is 0 Å². The predicted molar refractivity (Wildman–Crippen MR) is 129 cm³/mol. The lowest BCUT2D eigenvalue weighted by Gasteiger charge is -2.29. The van der Waals surface area contributed by atoms with Gasteiger partial charge in [-0.3, -0.25) is 9.59 Å². The summed E-state index contributed by atoms with van der Waals surface area (Å²) in [5.74, 6) is 1.11. The van der Waals surface area contributed by atoms with Gasteiger partial charge >= 0.3 is 0 Å². The topological polar surface area (TPSA) is 129 Å². The second-order valence-corrected chi connectivity index (χ2v) is 9.49. The summed E-state index contributed by atoms with van der Waals surface area (Å²) in [6, 6.07) is 9.76. The Bertz CT molecular complexity index is 1280. The number of nitrogens with one attached hydrogen (secondary N) is 1. The summed E-state index contributed by atoms with van der Waals surface area (Å²) in [6.07, 6.45) is 3.31. The first-order chi connectivity index (χ1) is 17.6. The first kappa shape index (κ1) is 23.9. The summed E-state index contributed by atoms with van der Waals surface area (Å²) in [4.78, 5) is 30.7. The third kappa shape index (κ3) is 5.55. The number of hydrogen-bond acceptors (Lipinski definition) is 9. The van der Waals surface area contributed by atoms with Gasteiger partial charge in [0, 0.05) is 18.0 Å². The molecule has 188 valence electrons. The molecule has 5 rings (SSSR count). The van der Waals surface area contributed by atoms with E-state index in [9.17, 15) is 9.59 Å². The number of nitrogens with zero attached hydrogens (tertiary/aromatic N) is 5. The van der Waals surface area contributed by atoms with E-state index in [-0.39, 0.29) is 36.8 Å². The number of ether oxygens (including phenoxy) is 1. The van der Waals surface area contributed by atoms with Crippen LogP contribution in [-0.2, 0) is 27.4 Å². The Hall–Kier alpha value is -3.77. The van der Waals surface area contributed by atoms with Crippen molar-refractivity contribution < 1.29 is 23.2 Å². The Morgan fingerprint density at radius 2 is 2.19 bits per heavy atom. The fourth-order valence-electron chi connectivity index (χ4n) is 4.06. The maximum atomic E-state index is 13.6. The van der Waals surface area contributed by atoms with E-state index in [4.69, 9.17) is 13.6 Å². The molecule has 0 aliphatic carbocycles. The van der Waals surface area contributed by atoms with Gasteiger partial charge in [0.25, 0.3) is 5.91 Å². The normalized spacial score (nSPS) is 16.2. The van der Waals surface area contributed by atoms with Crippen LogP contribution in [0.5, 0.6) is 0 Å². The highest BCUT2D eigenvalue weighted by molar-refractivity contribution is 7.09. The lowest BCUT2D eigenvalue weighted by Crippen LogP contribution is -2.46. The van der Waals surface area contributed by atoms with Crippen LogP contribution < -0.4 is 5.32 Å². The van der Waals surface area contributed by atoms with Crippen LogP contribution in [0.4, 0.5) is 0 Å². The summed E-state index contributed by atoms with van der Waals surface area (Å²) in [6.45, 7) is 2.88. The van der Waals surface area contributed by atoms with Crippen LogP contribution in [0.25, 0.3) is 11.6 Å². The minimum absolute atomic E-state index is 0.0318. The number of tetrazole rings is 1. The van der Waals surface area contributed by atoms with Crippen molar-refractivity contribution >= 4 is 23.2 Å². The van der Waals surface area contributed by atoms with E-state index in [2.05, 4.69) is 20.7 Å². The molecule has 1 fully saturated rings. The molecule has 5 heterocycles. The van der Waals surface area contributed by atoms with Crippen LogP contribution >= 0.6 is 11.3 Å². The summed E-state index contributed by atoms with van der Waals surface area (Å²) in [5.41, 5.74) is 0. The maximum absolute atomic E-state index is 13.6. The zero-order chi connectivity index (χ0) is 24.9. The molecule has 0 spiro atoms. The monoisotopic (exact) mass is 510 g/mol. The highest BCUT2D eigenvalue weighted by Crippen LogP contribution is 2.26. The molecule has 1 aliphatic heterocycles. The minimum atomic E-state index is -0.980. The van der Waals surface area contributed by atoms with E-state index in [1.165, 1.54) is 27.3 Å². The van der Waals surface area contributed by atoms with Crippen molar-refractivity contribution in [2.75, 3.05) is 13.2 Å². The number of aromatic nitrogens is 4. The van der Waals surface area contributed by atoms with Gasteiger partial charge in [0.1, 0.15) is 18.1 Å². The molecule has 0 unspecified atom stereocenters. The van der Waals surface area contributed by atoms with Gasteiger partial charge in [0.05, 0.1) is 18.9 Å². The molecule has 4 aromatic heterocycles. The van der Waals surface area contributed by atoms with Crippen LogP contribution in [0, 0.1) is 6.92 Å². The van der Waals surface area contributed by atoms with E-state index in [0.717, 1.165) is 23.5 Å². The average molecular weight is 511 g/mol. The van der Waals surface area contributed by atoms with Gasteiger partial charge in [-0.15, -0.1) is 21.5 Å². The Kier molecular flexibility index (Phi) is 7.23. The zero-order valence-corrected chi connectivity index (χ0v) is 20.5. The highest BCUT2D eigenvalue weighted by atomic mass is 32.1. The van der Waals surface area contributed by atoms with Crippen LogP contribution in [0.1, 0.15) is 35.3 Å². The third-order valence-corrected chi connectivity index (χ3v) is 6.68. The second kappa shape index (κ2) is 10.9. The maximum Gasteiger partial charge on any atom is 0.250 e. The van der Waals surface area contributed by atoms with Gasteiger partial charge in [-0.1, -0.05) is 6.07 Å². The summed E-state index contributed by atoms with van der Waals surface area (Å²) in [5, 5.41) is 17.2. The van der Waals surface area contributed by atoms with E-state index in [0.29, 0.717) is 24.7 Å². The van der Waals surface area contributed by atoms with Crippen molar-refractivity contribution in [3.05, 3.63) is 64.4 Å². The smallest absolute Gasteiger partial charge is 0.250 e. The minimum Gasteiger partial charge on any atom is -0.467 e. The second-order valence-electron chi connectivity index (χ2n) is 8.45. The van der Waals surface area contributed by atoms with Crippen molar-refractivity contribution in [2.45, 2.75) is 45.0 Å². The van der Waals surface area contributed by atoms with E-state index in [1.54, 1.807) is 24.3 Å². The molecule has 12 heteroatoms. The molecular formula is C24H26N6O5S. The van der Waals surface area contributed by atoms with E-state index in [1.807, 2.05) is 24.4 Å². The number of carbonyl (C=O) groups is 2. The van der Waals surface area contributed by atoms with Crippen LogP contribution in [0.2, 0.25) is 0 Å². The fourth-order valence-corrected chi connectivity index (χ4v) is 4.76. The van der Waals surface area contributed by atoms with Crippen molar-refractivity contribution in [1.29, 1.82) is 0 Å². The van der Waals surface area contributed by atoms with Gasteiger partial charge in [0.15, 0.2) is 11.8 Å². The van der Waals surface area contributed by atoms with Crippen molar-refractivity contribution in [1.82, 2.24) is 30.4 Å². The van der Waals surface area contributed by atoms with Crippen LogP contribution in [0.15, 0.2) is 56.9 Å². The number of carbonyl (C=O) groups excluding carboxylic acids is 2. The molecule has 0 aromatic carbocycles. The molecule has 1 aliphatic rings. The number of furan rings is 2. The quantitative estimate of drug-likeness (QED) is 0.345. The Morgan fingerprint density at radius 1 is 1.28 bits per heavy atom. The number of thiophene rings is 1. The van der Waals surface area contributed by atoms with Gasteiger partial charge in [-0.05, 0) is 60.7 Å². The Morgan fingerprint density at radius 3 is 2.89 bits per heavy atom. The molecule has 2 amide bonds. The summed E-state index contributed by atoms with van der Waals surface area (Å²) < 4.78 is 16.8. The predicted octanol–water partition coefficient (Wildman–Crippen LogP) is 2.96. The molecule has 0 saturated carbocycles. The Balaban J connectivity index is 1.38. The molecule has 2 atom stereocenters. The van der Waals surface area contributed by atoms with Crippen molar-refractivity contribution in [2.24, 2.45) is 0 Å². The molecule has 1 N–H and O–H groups in total. The molecule has 36 heavy (non-hydrogen) atoms. The highest BCUT2D eigenvalue weighted by Gasteiger charge is 2.35. The van der Waals surface area contributed by atoms with Gasteiger partial charge in [0.2, 0.25) is 11.7 Å². The van der Waals surface area contributed by atoms with Crippen molar-refractivity contribution in [3.8, 4) is 11.6 Å². The number of rotatable bonds is 10. The summed E-state index contributed by atoms with van der Waals surface area (Å²) >= 11 is 1.50. The van der Waals surface area contributed by atoms with Gasteiger partial charge in [-0.2, -0.15) is 4.80 Å². The lowest BCUT2D eigenvalue weighted by atomic mass is 10.1. The molecule has 11 nitrogen and oxygen atoms in total. The number of amides is 2. The number of hydrogen-bond donors (Lipinski definition) is 1. The molecule has 0 bridgehead atoms. The summed E-state index contributed by atoms with van der Waals surface area (Å²) in [7, 11) is 0. The zero-order valence-electron chi connectivity index (χ0n) is 19.7. The first-order valence-electron chi connectivity index (χ1n) is 11.7. The van der Waals surface area contributed by atoms with Crippen LogP contribution in [-0.4, -0.2) is 56.2 Å². The lowest BCUT2D eigenvalue weighted by molar-refractivity contribution is -0.143. The van der Waals surface area contributed by atoms with Gasteiger partial charge in [-0.25, -0.2) is 0 Å². The molecular weight excluding hydrogens is 484 g/mol. The largest absolute Gasteiger partial charge is 0.467 e. The SMILES string of the molecule is Cc1ccc(-c2nnn(CC(=O)N(Cc3cccs3)[C@@H](C(=O)NC[C@@H]3CCCO3)c3ccco3)n2)o1. The molecule has 1 saturated heterocycles. The standard InChI is InChI=1S/C24H26N6O5S/c1-16-8-9-20(35-16)23-26-28-30(27-23)15-21(31)29(14-18-6-4-12-36-18)22(19-7-3-11-34-19)24(32)25-13-17-5-2-10-33-17/h3-4,6-9,11-12,17,22H,2,5,10,13-15H2,1H3,(H,25,32)/t17-,22+/m0/s1. The van der Waals surface area contributed by atoms with E-state index >= 15 is 0 Å². The average Bonchev–Trinajstić information content (AvgIpc) is 3.68. The third-order valence-electron chi connectivity index (χ3n) is 5.82. The fraction of sp³-hybridized carbons (Fsp3) is 0.375. The number of aryl methyl sites for hydroxylation is 1. The molecule has 0 radical (unpaired) electrons. The Labute approximate surface area is 211 Å². The first-order valence-corrected chi connectivity index (χ1v) is 12.5. The molecule has 4 aromatic rings.